The second kappa shape index (κ2) is 7.25. The Morgan fingerprint density at radius 2 is 1.63 bits per heavy atom. The van der Waals surface area contributed by atoms with Crippen LogP contribution >= 0.6 is 11.6 Å². The molecule has 1 amide bonds. The fourth-order valence-electron chi connectivity index (χ4n) is 3.11. The van der Waals surface area contributed by atoms with Crippen molar-refractivity contribution in [1.82, 2.24) is 0 Å². The summed E-state index contributed by atoms with van der Waals surface area (Å²) in [5.41, 5.74) is 2.81. The smallest absolute Gasteiger partial charge is 0.299 e. The number of benzene rings is 3. The van der Waals surface area contributed by atoms with Gasteiger partial charge in [-0.1, -0.05) is 60.1 Å². The number of carbonyl (C=O) groups is 2. The lowest BCUT2D eigenvalue weighted by Crippen LogP contribution is -2.29. The number of nitrogens with zero attached hydrogens (tertiary/aromatic N) is 1. The molecule has 134 valence electrons. The predicted molar refractivity (Wildman–Crippen MR) is 104 cm³/mol. The number of halogens is 1. The summed E-state index contributed by atoms with van der Waals surface area (Å²) < 4.78 is 5.96. The summed E-state index contributed by atoms with van der Waals surface area (Å²) >= 11 is 5.97. The van der Waals surface area contributed by atoms with E-state index in [9.17, 15) is 9.59 Å². The van der Waals surface area contributed by atoms with Crippen molar-refractivity contribution < 1.29 is 14.3 Å². The van der Waals surface area contributed by atoms with Crippen molar-refractivity contribution in [2.75, 3.05) is 4.90 Å². The molecule has 0 N–H and O–H groups in total. The monoisotopic (exact) mass is 377 g/mol. The number of hydrogen-bond donors (Lipinski definition) is 0. The van der Waals surface area contributed by atoms with Gasteiger partial charge in [0.25, 0.3) is 11.7 Å². The molecule has 0 saturated carbocycles. The third-order valence-corrected chi connectivity index (χ3v) is 4.71. The maximum Gasteiger partial charge on any atom is 0.299 e. The highest BCUT2D eigenvalue weighted by molar-refractivity contribution is 6.52. The Bertz CT molecular complexity index is 1020. The van der Waals surface area contributed by atoms with Crippen LogP contribution in [-0.4, -0.2) is 11.7 Å². The molecule has 4 rings (SSSR count). The van der Waals surface area contributed by atoms with E-state index in [1.165, 1.54) is 11.0 Å². The lowest BCUT2D eigenvalue weighted by molar-refractivity contribution is -0.114. The Hall–Kier alpha value is -3.11. The van der Waals surface area contributed by atoms with Crippen molar-refractivity contribution in [3.63, 3.8) is 0 Å². The molecule has 1 heterocycles. The Labute approximate surface area is 161 Å². The van der Waals surface area contributed by atoms with Gasteiger partial charge in [-0.25, -0.2) is 0 Å². The van der Waals surface area contributed by atoms with Gasteiger partial charge in [0.15, 0.2) is 0 Å². The summed E-state index contributed by atoms with van der Waals surface area (Å²) in [5, 5.41) is 0.434. The second-order valence-electron chi connectivity index (χ2n) is 6.26. The van der Waals surface area contributed by atoms with Crippen molar-refractivity contribution in [3.8, 4) is 5.75 Å². The van der Waals surface area contributed by atoms with Gasteiger partial charge in [-0.3, -0.25) is 9.59 Å². The molecule has 0 fully saturated rings. The van der Waals surface area contributed by atoms with Crippen LogP contribution in [0.3, 0.4) is 0 Å². The number of amides is 1. The largest absolute Gasteiger partial charge is 0.489 e. The lowest BCUT2D eigenvalue weighted by atomic mass is 10.1. The minimum Gasteiger partial charge on any atom is -0.489 e. The molecule has 0 spiro atoms. The molecule has 3 aromatic rings. The van der Waals surface area contributed by atoms with Gasteiger partial charge in [-0.2, -0.15) is 0 Å². The number of ether oxygens (including phenoxy) is 1. The van der Waals surface area contributed by atoms with Gasteiger partial charge in [0.1, 0.15) is 12.4 Å². The standard InChI is InChI=1S/C22H16ClNO3/c23-17-10-11-19-18(12-17)21(25)22(26)24(19)13-16-8-4-5-9-20(16)27-14-15-6-2-1-3-7-15/h1-12H,13-14H2. The normalized spacial score (nSPS) is 13.0. The fourth-order valence-corrected chi connectivity index (χ4v) is 3.28. The zero-order chi connectivity index (χ0) is 18.8. The molecule has 1 aliphatic rings. The van der Waals surface area contributed by atoms with Gasteiger partial charge in [-0.15, -0.1) is 0 Å². The molecule has 3 aromatic carbocycles. The molecule has 0 atom stereocenters. The first-order valence-corrected chi connectivity index (χ1v) is 8.91. The number of fused-ring (bicyclic) bond motifs is 1. The topological polar surface area (TPSA) is 46.6 Å². The molecule has 5 heteroatoms. The zero-order valence-electron chi connectivity index (χ0n) is 14.4. The van der Waals surface area contributed by atoms with Gasteiger partial charge in [0.2, 0.25) is 0 Å². The zero-order valence-corrected chi connectivity index (χ0v) is 15.1. The van der Waals surface area contributed by atoms with Crippen LogP contribution < -0.4 is 9.64 Å². The van der Waals surface area contributed by atoms with Gasteiger partial charge in [0.05, 0.1) is 17.8 Å². The Kier molecular flexibility index (Phi) is 4.65. The molecular weight excluding hydrogens is 362 g/mol. The number of hydrogen-bond acceptors (Lipinski definition) is 3. The minimum atomic E-state index is -0.551. The summed E-state index contributed by atoms with van der Waals surface area (Å²) in [6, 6.07) is 22.3. The first-order valence-electron chi connectivity index (χ1n) is 8.54. The van der Waals surface area contributed by atoms with Gasteiger partial charge in [-0.05, 0) is 29.8 Å². The number of carbonyl (C=O) groups excluding carboxylic acids is 2. The number of anilines is 1. The summed E-state index contributed by atoms with van der Waals surface area (Å²) in [4.78, 5) is 26.2. The van der Waals surface area contributed by atoms with Crippen molar-refractivity contribution >= 4 is 29.0 Å². The van der Waals surface area contributed by atoms with E-state index < -0.39 is 11.7 Å². The highest BCUT2D eigenvalue weighted by Crippen LogP contribution is 2.33. The highest BCUT2D eigenvalue weighted by atomic mass is 35.5. The van der Waals surface area contributed by atoms with E-state index in [0.717, 1.165) is 11.1 Å². The van der Waals surface area contributed by atoms with Crippen LogP contribution in [-0.2, 0) is 17.9 Å². The van der Waals surface area contributed by atoms with E-state index in [-0.39, 0.29) is 6.54 Å². The Morgan fingerprint density at radius 1 is 0.889 bits per heavy atom. The lowest BCUT2D eigenvalue weighted by Gasteiger charge is -2.19. The van der Waals surface area contributed by atoms with Crippen LogP contribution in [0.5, 0.6) is 5.75 Å². The predicted octanol–water partition coefficient (Wildman–Crippen LogP) is 4.65. The van der Waals surface area contributed by atoms with E-state index in [0.29, 0.717) is 28.6 Å². The minimum absolute atomic E-state index is 0.254. The molecule has 0 radical (unpaired) electrons. The summed E-state index contributed by atoms with van der Waals surface area (Å²) in [6.45, 7) is 0.682. The van der Waals surface area contributed by atoms with E-state index >= 15 is 0 Å². The van der Waals surface area contributed by atoms with E-state index in [2.05, 4.69) is 0 Å². The maximum absolute atomic E-state index is 12.5. The van der Waals surface area contributed by atoms with Crippen LogP contribution in [0.15, 0.2) is 72.8 Å². The average molecular weight is 378 g/mol. The molecule has 0 bridgehead atoms. The third kappa shape index (κ3) is 3.44. The van der Waals surface area contributed by atoms with Gasteiger partial charge < -0.3 is 9.64 Å². The SMILES string of the molecule is O=C1C(=O)N(Cc2ccccc2OCc2ccccc2)c2ccc(Cl)cc21. The quantitative estimate of drug-likeness (QED) is 0.608. The van der Waals surface area contributed by atoms with E-state index in [1.807, 2.05) is 54.6 Å². The fraction of sp³-hybridized carbons (Fsp3) is 0.0909. The number of ketones is 1. The number of para-hydroxylation sites is 1. The molecule has 0 unspecified atom stereocenters. The maximum atomic E-state index is 12.5. The molecule has 1 aliphatic heterocycles. The van der Waals surface area contributed by atoms with Gasteiger partial charge >= 0.3 is 0 Å². The van der Waals surface area contributed by atoms with Crippen LogP contribution in [0, 0.1) is 0 Å². The van der Waals surface area contributed by atoms with Crippen molar-refractivity contribution in [2.24, 2.45) is 0 Å². The molecular formula is C22H16ClNO3. The summed E-state index contributed by atoms with van der Waals surface area (Å²) in [6.07, 6.45) is 0. The Balaban J connectivity index is 1.59. The highest BCUT2D eigenvalue weighted by Gasteiger charge is 2.36. The number of rotatable bonds is 5. The van der Waals surface area contributed by atoms with Crippen LogP contribution in [0.25, 0.3) is 0 Å². The second-order valence-corrected chi connectivity index (χ2v) is 6.70. The molecule has 0 aliphatic carbocycles. The van der Waals surface area contributed by atoms with Crippen LogP contribution in [0.2, 0.25) is 5.02 Å². The van der Waals surface area contributed by atoms with Gasteiger partial charge in [0, 0.05) is 10.6 Å². The van der Waals surface area contributed by atoms with E-state index in [4.69, 9.17) is 16.3 Å². The van der Waals surface area contributed by atoms with E-state index in [1.54, 1.807) is 12.1 Å². The first-order chi connectivity index (χ1) is 13.1. The summed E-state index contributed by atoms with van der Waals surface area (Å²) in [5.74, 6) is -0.399. The van der Waals surface area contributed by atoms with Crippen molar-refractivity contribution in [2.45, 2.75) is 13.2 Å². The summed E-state index contributed by atoms with van der Waals surface area (Å²) in [7, 11) is 0. The molecule has 4 nitrogen and oxygen atoms in total. The first kappa shape index (κ1) is 17.3. The molecule has 27 heavy (non-hydrogen) atoms. The van der Waals surface area contributed by atoms with Crippen molar-refractivity contribution in [3.05, 3.63) is 94.5 Å². The number of Topliss-reactive ketones (excluding diaryl/α,β-unsaturated/α-hetero) is 1. The molecule has 0 saturated heterocycles. The molecule has 0 aromatic heterocycles. The van der Waals surface area contributed by atoms with Crippen LogP contribution in [0.1, 0.15) is 21.5 Å². The van der Waals surface area contributed by atoms with Crippen molar-refractivity contribution in [1.29, 1.82) is 0 Å². The third-order valence-electron chi connectivity index (χ3n) is 4.47. The Morgan fingerprint density at radius 3 is 2.44 bits per heavy atom. The van der Waals surface area contributed by atoms with Crippen LogP contribution in [0.4, 0.5) is 5.69 Å². The average Bonchev–Trinajstić information content (AvgIpc) is 2.92.